The zero-order valence-electron chi connectivity index (χ0n) is 22.1. The van der Waals surface area contributed by atoms with Crippen LogP contribution in [0.3, 0.4) is 0 Å². The smallest absolute Gasteiger partial charge is 0.243 e. The molecule has 0 radical (unpaired) electrons. The van der Waals surface area contributed by atoms with Gasteiger partial charge >= 0.3 is 0 Å². The summed E-state index contributed by atoms with van der Waals surface area (Å²) in [6.45, 7) is 7.93. The van der Waals surface area contributed by atoms with Gasteiger partial charge in [-0.3, -0.25) is 4.79 Å². The molecule has 1 heterocycles. The summed E-state index contributed by atoms with van der Waals surface area (Å²) in [5.41, 5.74) is 3.18. The molecule has 2 aromatic carbocycles. The molecule has 0 spiro atoms. The van der Waals surface area contributed by atoms with Crippen LogP contribution in [-0.2, 0) is 27.9 Å². The van der Waals surface area contributed by atoms with E-state index in [4.69, 9.17) is 0 Å². The van der Waals surface area contributed by atoms with Gasteiger partial charge in [0.25, 0.3) is 0 Å². The van der Waals surface area contributed by atoms with E-state index in [2.05, 4.69) is 39.6 Å². The molecule has 0 aliphatic heterocycles. The average Bonchev–Trinajstić information content (AvgIpc) is 3.32. The quantitative estimate of drug-likeness (QED) is 0.225. The van der Waals surface area contributed by atoms with Gasteiger partial charge in [0.2, 0.25) is 15.9 Å². The third kappa shape index (κ3) is 8.28. The lowest BCUT2D eigenvalue weighted by atomic mass is 10.2. The first-order valence-corrected chi connectivity index (χ1v) is 15.2. The minimum Gasteiger partial charge on any atom is -0.345 e. The second-order valence-corrected chi connectivity index (χ2v) is 12.3. The van der Waals surface area contributed by atoms with Gasteiger partial charge in [-0.1, -0.05) is 72.4 Å². The van der Waals surface area contributed by atoms with Crippen LogP contribution in [0.4, 0.5) is 0 Å². The zero-order valence-corrected chi connectivity index (χ0v) is 24.5. The van der Waals surface area contributed by atoms with Gasteiger partial charge in [-0.2, -0.15) is 4.31 Å². The van der Waals surface area contributed by atoms with Crippen LogP contribution in [0.1, 0.15) is 56.4 Å². The van der Waals surface area contributed by atoms with E-state index in [-0.39, 0.29) is 17.3 Å². The molecule has 0 aliphatic rings. The first kappa shape index (κ1) is 29.1. The Morgan fingerprint density at radius 1 is 0.919 bits per heavy atom. The topological polar surface area (TPSA) is 62.6 Å². The predicted molar refractivity (Wildman–Crippen MR) is 153 cm³/mol. The largest absolute Gasteiger partial charge is 0.345 e. The highest BCUT2D eigenvalue weighted by atomic mass is 79.9. The third-order valence-corrected chi connectivity index (χ3v) is 8.80. The lowest BCUT2D eigenvalue weighted by Crippen LogP contribution is -2.43. The summed E-state index contributed by atoms with van der Waals surface area (Å²) in [5.74, 6) is -0.170. The standard InChI is InChI=1S/C29H38BrN3O3S/c1-4-6-18-32(22-27-9-8-19-31(27)21-25-12-14-26(30)15-13-25)29(34)23-33(20-7-5-2)37(35,36)28-16-10-24(3)11-17-28/h8-17,19H,4-7,18,20-23H2,1-3H3. The number of carbonyl (C=O) groups excluding carboxylic acids is 1. The van der Waals surface area contributed by atoms with Crippen LogP contribution in [0, 0.1) is 6.92 Å². The van der Waals surface area contributed by atoms with Gasteiger partial charge in [0.1, 0.15) is 0 Å². The first-order valence-electron chi connectivity index (χ1n) is 13.0. The van der Waals surface area contributed by atoms with Crippen molar-refractivity contribution in [1.29, 1.82) is 0 Å². The van der Waals surface area contributed by atoms with Crippen LogP contribution in [0.5, 0.6) is 0 Å². The van der Waals surface area contributed by atoms with Crippen LogP contribution in [-0.4, -0.2) is 47.7 Å². The molecule has 3 aromatic rings. The van der Waals surface area contributed by atoms with Gasteiger partial charge in [-0.05, 0) is 61.7 Å². The molecule has 0 N–H and O–H groups in total. The van der Waals surface area contributed by atoms with E-state index in [1.807, 2.05) is 44.3 Å². The van der Waals surface area contributed by atoms with Gasteiger partial charge in [-0.15, -0.1) is 0 Å². The molecule has 0 unspecified atom stereocenters. The summed E-state index contributed by atoms with van der Waals surface area (Å²) in [5, 5.41) is 0. The normalized spacial score (nSPS) is 11.7. The number of hydrogen-bond acceptors (Lipinski definition) is 3. The summed E-state index contributed by atoms with van der Waals surface area (Å²) in [7, 11) is -3.78. The van der Waals surface area contributed by atoms with Crippen molar-refractivity contribution in [2.75, 3.05) is 19.6 Å². The molecule has 0 atom stereocenters. The highest BCUT2D eigenvalue weighted by molar-refractivity contribution is 9.10. The maximum Gasteiger partial charge on any atom is 0.243 e. The number of sulfonamides is 1. The number of hydrogen-bond donors (Lipinski definition) is 0. The van der Waals surface area contributed by atoms with E-state index in [9.17, 15) is 13.2 Å². The SMILES string of the molecule is CCCCN(Cc1cccn1Cc1ccc(Br)cc1)C(=O)CN(CCCC)S(=O)(=O)c1ccc(C)cc1. The van der Waals surface area contributed by atoms with E-state index in [1.54, 1.807) is 29.2 Å². The Labute approximate surface area is 230 Å². The predicted octanol–water partition coefficient (Wildman–Crippen LogP) is 6.23. The lowest BCUT2D eigenvalue weighted by molar-refractivity contribution is -0.132. The van der Waals surface area contributed by atoms with Crippen molar-refractivity contribution in [1.82, 2.24) is 13.8 Å². The number of unbranched alkanes of at least 4 members (excludes halogenated alkanes) is 2. The van der Waals surface area contributed by atoms with E-state index in [0.717, 1.165) is 35.0 Å². The number of nitrogens with zero attached hydrogens (tertiary/aromatic N) is 3. The Kier molecular flexibility index (Phi) is 11.0. The molecule has 200 valence electrons. The summed E-state index contributed by atoms with van der Waals surface area (Å²) in [6.07, 6.45) is 5.37. The average molecular weight is 589 g/mol. The fraction of sp³-hybridized carbons (Fsp3) is 0.414. The molecule has 0 fully saturated rings. The maximum atomic E-state index is 13.6. The van der Waals surface area contributed by atoms with Crippen molar-refractivity contribution < 1.29 is 13.2 Å². The minimum absolute atomic E-state index is 0.159. The molecule has 0 saturated heterocycles. The number of aromatic nitrogens is 1. The Bertz CT molecular complexity index is 1240. The summed E-state index contributed by atoms with van der Waals surface area (Å²) in [6, 6.07) is 19.1. The van der Waals surface area contributed by atoms with Crippen molar-refractivity contribution in [3.63, 3.8) is 0 Å². The third-order valence-electron chi connectivity index (χ3n) is 6.41. The number of rotatable bonds is 14. The number of benzene rings is 2. The zero-order chi connectivity index (χ0) is 26.8. The van der Waals surface area contributed by atoms with Gasteiger partial charge in [0.15, 0.2) is 0 Å². The van der Waals surface area contributed by atoms with E-state index >= 15 is 0 Å². The molecule has 3 rings (SSSR count). The van der Waals surface area contributed by atoms with E-state index in [1.165, 1.54) is 9.87 Å². The Hall–Kier alpha value is -2.42. The molecule has 6 nitrogen and oxygen atoms in total. The van der Waals surface area contributed by atoms with Crippen molar-refractivity contribution in [2.24, 2.45) is 0 Å². The van der Waals surface area contributed by atoms with E-state index in [0.29, 0.717) is 32.6 Å². The molecule has 1 amide bonds. The fourth-order valence-corrected chi connectivity index (χ4v) is 5.79. The molecule has 0 saturated carbocycles. The van der Waals surface area contributed by atoms with Crippen molar-refractivity contribution >= 4 is 31.9 Å². The van der Waals surface area contributed by atoms with Crippen LogP contribution in [0.2, 0.25) is 0 Å². The lowest BCUT2D eigenvalue weighted by Gasteiger charge is -2.28. The number of carbonyl (C=O) groups is 1. The first-order chi connectivity index (χ1) is 17.7. The summed E-state index contributed by atoms with van der Waals surface area (Å²) >= 11 is 3.48. The fourth-order valence-electron chi connectivity index (χ4n) is 4.10. The molecule has 37 heavy (non-hydrogen) atoms. The van der Waals surface area contributed by atoms with E-state index < -0.39 is 10.0 Å². The molecular formula is C29H38BrN3O3S. The second-order valence-electron chi connectivity index (χ2n) is 9.43. The Morgan fingerprint density at radius 2 is 1.57 bits per heavy atom. The molecule has 8 heteroatoms. The second kappa shape index (κ2) is 13.9. The minimum atomic E-state index is -3.78. The van der Waals surface area contributed by atoms with Crippen molar-refractivity contribution in [3.8, 4) is 0 Å². The van der Waals surface area contributed by atoms with Gasteiger partial charge in [-0.25, -0.2) is 8.42 Å². The van der Waals surface area contributed by atoms with Crippen molar-refractivity contribution in [3.05, 3.63) is 88.2 Å². The summed E-state index contributed by atoms with van der Waals surface area (Å²) in [4.78, 5) is 15.6. The maximum absolute atomic E-state index is 13.6. The van der Waals surface area contributed by atoms with Crippen LogP contribution in [0.25, 0.3) is 0 Å². The monoisotopic (exact) mass is 587 g/mol. The van der Waals surface area contributed by atoms with Gasteiger partial charge in [0, 0.05) is 36.0 Å². The number of halogens is 1. The highest BCUT2D eigenvalue weighted by Crippen LogP contribution is 2.19. The molecule has 0 bridgehead atoms. The van der Waals surface area contributed by atoms with Crippen LogP contribution in [0.15, 0.2) is 76.2 Å². The van der Waals surface area contributed by atoms with Crippen LogP contribution >= 0.6 is 15.9 Å². The highest BCUT2D eigenvalue weighted by Gasteiger charge is 2.28. The van der Waals surface area contributed by atoms with Crippen molar-refractivity contribution in [2.45, 2.75) is 64.4 Å². The summed E-state index contributed by atoms with van der Waals surface area (Å²) < 4.78 is 31.5. The number of amides is 1. The molecular weight excluding hydrogens is 550 g/mol. The Morgan fingerprint density at radius 3 is 2.22 bits per heavy atom. The molecule has 0 aliphatic carbocycles. The van der Waals surface area contributed by atoms with Crippen LogP contribution < -0.4 is 0 Å². The number of aryl methyl sites for hydroxylation is 1. The molecule has 1 aromatic heterocycles. The Balaban J connectivity index is 1.80. The van der Waals surface area contributed by atoms with Gasteiger partial charge in [0.05, 0.1) is 18.0 Å². The van der Waals surface area contributed by atoms with Gasteiger partial charge < -0.3 is 9.47 Å².